The van der Waals surface area contributed by atoms with E-state index in [2.05, 4.69) is 4.72 Å². The van der Waals surface area contributed by atoms with Gasteiger partial charge in [-0.2, -0.15) is 23.2 Å². The van der Waals surface area contributed by atoms with Crippen molar-refractivity contribution in [1.82, 2.24) is 9.62 Å². The molecule has 2 aromatic carbocycles. The third-order valence-corrected chi connectivity index (χ3v) is 6.59. The van der Waals surface area contributed by atoms with Gasteiger partial charge < -0.3 is 10.0 Å². The van der Waals surface area contributed by atoms with Crippen LogP contribution in [0, 0.1) is 11.3 Å². The Hall–Kier alpha value is -3.43. The zero-order valence-corrected chi connectivity index (χ0v) is 17.8. The molecule has 8 nitrogen and oxygen atoms in total. The standard InChI is InChI=1S/C21H18F3N3O5S/c22-21(23,24)20(30)27-7-6-15-4-5-17(10-16(15)12-27)33(31,32)26-18(19(28)29)9-13-2-1-3-14(8-13)11-25/h1-5,8,10,18,26H,6-7,9,12H2,(H,28,29). The SMILES string of the molecule is N#Cc1cccc(CC(NS(=O)(=O)c2ccc3c(c2)CN(C(=O)C(F)(F)F)CC3)C(=O)O)c1. The Morgan fingerprint density at radius 1 is 1.18 bits per heavy atom. The molecule has 0 saturated heterocycles. The van der Waals surface area contributed by atoms with E-state index in [4.69, 9.17) is 5.26 Å². The second kappa shape index (κ2) is 9.21. The summed E-state index contributed by atoms with van der Waals surface area (Å²) in [5.41, 5.74) is 1.54. The molecular weight excluding hydrogens is 463 g/mol. The van der Waals surface area contributed by atoms with Gasteiger partial charge >= 0.3 is 18.1 Å². The highest BCUT2D eigenvalue weighted by atomic mass is 32.2. The van der Waals surface area contributed by atoms with E-state index in [-0.39, 0.29) is 35.4 Å². The number of amides is 1. The molecule has 0 fully saturated rings. The molecule has 1 amide bonds. The molecule has 0 radical (unpaired) electrons. The molecule has 1 unspecified atom stereocenters. The largest absolute Gasteiger partial charge is 0.480 e. The summed E-state index contributed by atoms with van der Waals surface area (Å²) in [7, 11) is -4.36. The van der Waals surface area contributed by atoms with Crippen molar-refractivity contribution in [3.63, 3.8) is 0 Å². The summed E-state index contributed by atoms with van der Waals surface area (Å²) in [6.45, 7) is -0.571. The fourth-order valence-corrected chi connectivity index (χ4v) is 4.73. The number of nitriles is 1. The molecule has 1 aliphatic heterocycles. The monoisotopic (exact) mass is 481 g/mol. The Morgan fingerprint density at radius 2 is 1.91 bits per heavy atom. The number of rotatable bonds is 6. The lowest BCUT2D eigenvalue weighted by molar-refractivity contribution is -0.186. The van der Waals surface area contributed by atoms with E-state index >= 15 is 0 Å². The molecule has 2 aromatic rings. The van der Waals surface area contributed by atoms with Gasteiger partial charge in [0.05, 0.1) is 16.5 Å². The molecule has 0 aromatic heterocycles. The van der Waals surface area contributed by atoms with Crippen molar-refractivity contribution in [2.24, 2.45) is 0 Å². The minimum absolute atomic E-state index is 0.123. The average Bonchev–Trinajstić information content (AvgIpc) is 2.76. The van der Waals surface area contributed by atoms with Gasteiger partial charge in [0.15, 0.2) is 0 Å². The van der Waals surface area contributed by atoms with Crippen molar-refractivity contribution in [3.8, 4) is 6.07 Å². The van der Waals surface area contributed by atoms with Gasteiger partial charge in [0, 0.05) is 13.1 Å². The number of hydrogen-bond acceptors (Lipinski definition) is 5. The minimum Gasteiger partial charge on any atom is -0.480 e. The van der Waals surface area contributed by atoms with Crippen LogP contribution < -0.4 is 4.72 Å². The molecule has 0 spiro atoms. The van der Waals surface area contributed by atoms with Crippen molar-refractivity contribution >= 4 is 21.9 Å². The molecule has 1 atom stereocenters. The molecule has 12 heteroatoms. The number of carbonyl (C=O) groups excluding carboxylic acids is 1. The number of carboxylic acid groups (broad SMARTS) is 1. The number of fused-ring (bicyclic) bond motifs is 1. The lowest BCUT2D eigenvalue weighted by Crippen LogP contribution is -2.44. The van der Waals surface area contributed by atoms with Gasteiger partial charge in [-0.1, -0.05) is 18.2 Å². The van der Waals surface area contributed by atoms with Gasteiger partial charge in [-0.3, -0.25) is 9.59 Å². The fourth-order valence-electron chi connectivity index (χ4n) is 3.49. The van der Waals surface area contributed by atoms with Crippen molar-refractivity contribution in [3.05, 3.63) is 64.7 Å². The van der Waals surface area contributed by atoms with E-state index in [9.17, 15) is 36.3 Å². The number of carbonyl (C=O) groups is 2. The first-order valence-electron chi connectivity index (χ1n) is 9.63. The van der Waals surface area contributed by atoms with E-state index in [0.717, 1.165) is 6.07 Å². The second-order valence-electron chi connectivity index (χ2n) is 7.43. The summed E-state index contributed by atoms with van der Waals surface area (Å²) in [4.78, 5) is 23.5. The van der Waals surface area contributed by atoms with Crippen molar-refractivity contribution in [2.75, 3.05) is 6.54 Å². The summed E-state index contributed by atoms with van der Waals surface area (Å²) in [6, 6.07) is 10.2. The first-order valence-corrected chi connectivity index (χ1v) is 11.1. The number of sulfonamides is 1. The highest BCUT2D eigenvalue weighted by Gasteiger charge is 2.43. The minimum atomic E-state index is -5.04. The second-order valence-corrected chi connectivity index (χ2v) is 9.15. The maximum Gasteiger partial charge on any atom is 0.471 e. The molecule has 0 saturated carbocycles. The third-order valence-electron chi connectivity index (χ3n) is 5.12. The number of alkyl halides is 3. The highest BCUT2D eigenvalue weighted by Crippen LogP contribution is 2.26. The van der Waals surface area contributed by atoms with Crippen LogP contribution in [0.4, 0.5) is 13.2 Å². The number of benzene rings is 2. The lowest BCUT2D eigenvalue weighted by Gasteiger charge is -2.29. The van der Waals surface area contributed by atoms with Crippen LogP contribution >= 0.6 is 0 Å². The normalized spacial score (nSPS) is 14.8. The predicted molar refractivity (Wildman–Crippen MR) is 108 cm³/mol. The molecule has 3 rings (SSSR count). The predicted octanol–water partition coefficient (Wildman–Crippen LogP) is 1.98. The molecule has 1 aliphatic rings. The Balaban J connectivity index is 1.83. The molecular formula is C21H18F3N3O5S. The summed E-state index contributed by atoms with van der Waals surface area (Å²) < 4.78 is 66.0. The van der Waals surface area contributed by atoms with Gasteiger partial charge in [0.1, 0.15) is 6.04 Å². The smallest absolute Gasteiger partial charge is 0.471 e. The zero-order chi connectivity index (χ0) is 24.4. The van der Waals surface area contributed by atoms with E-state index in [0.29, 0.717) is 16.0 Å². The summed E-state index contributed by atoms with van der Waals surface area (Å²) in [6.07, 6.45) is -5.15. The Morgan fingerprint density at radius 3 is 2.55 bits per heavy atom. The van der Waals surface area contributed by atoms with Crippen LogP contribution in [0.25, 0.3) is 0 Å². The highest BCUT2D eigenvalue weighted by molar-refractivity contribution is 7.89. The molecule has 0 aliphatic carbocycles. The van der Waals surface area contributed by atoms with Crippen LogP contribution in [0.3, 0.4) is 0 Å². The molecule has 1 heterocycles. The third kappa shape index (κ3) is 5.68. The average molecular weight is 481 g/mol. The van der Waals surface area contributed by atoms with E-state index < -0.39 is 40.7 Å². The van der Waals surface area contributed by atoms with Crippen LogP contribution in [0.15, 0.2) is 47.4 Å². The zero-order valence-electron chi connectivity index (χ0n) is 17.0. The van der Waals surface area contributed by atoms with E-state index in [1.807, 2.05) is 6.07 Å². The van der Waals surface area contributed by atoms with Crippen LogP contribution in [0.5, 0.6) is 0 Å². The van der Waals surface area contributed by atoms with E-state index in [1.165, 1.54) is 24.3 Å². The summed E-state index contributed by atoms with van der Waals surface area (Å²) in [5, 5.41) is 18.5. The number of nitrogens with zero attached hydrogens (tertiary/aromatic N) is 2. The van der Waals surface area contributed by atoms with Crippen LogP contribution in [0.1, 0.15) is 22.3 Å². The van der Waals surface area contributed by atoms with Crippen molar-refractivity contribution < 1.29 is 36.3 Å². The number of nitrogens with one attached hydrogen (secondary N) is 1. The van der Waals surface area contributed by atoms with Gasteiger partial charge in [0.2, 0.25) is 10.0 Å². The van der Waals surface area contributed by atoms with Crippen molar-refractivity contribution in [2.45, 2.75) is 36.5 Å². The maximum atomic E-state index is 12.8. The van der Waals surface area contributed by atoms with Gasteiger partial charge in [-0.15, -0.1) is 0 Å². The van der Waals surface area contributed by atoms with Crippen LogP contribution in [-0.2, 0) is 39.0 Å². The molecule has 174 valence electrons. The molecule has 0 bridgehead atoms. The molecule has 2 N–H and O–H groups in total. The summed E-state index contributed by atoms with van der Waals surface area (Å²) >= 11 is 0. The number of halogens is 3. The number of carboxylic acids is 1. The molecule has 33 heavy (non-hydrogen) atoms. The first-order chi connectivity index (χ1) is 15.4. The lowest BCUT2D eigenvalue weighted by atomic mass is 10.00. The maximum absolute atomic E-state index is 12.8. The Labute approximate surface area is 187 Å². The first kappa shape index (κ1) is 24.2. The van der Waals surface area contributed by atoms with Crippen LogP contribution in [0.2, 0.25) is 0 Å². The van der Waals surface area contributed by atoms with Gasteiger partial charge in [0.25, 0.3) is 0 Å². The van der Waals surface area contributed by atoms with E-state index in [1.54, 1.807) is 12.1 Å². The Bertz CT molecular complexity index is 1240. The fraction of sp³-hybridized carbons (Fsp3) is 0.286. The summed E-state index contributed by atoms with van der Waals surface area (Å²) in [5.74, 6) is -3.45. The van der Waals surface area contributed by atoms with Crippen molar-refractivity contribution in [1.29, 1.82) is 5.26 Å². The quantitative estimate of drug-likeness (QED) is 0.650. The number of hydrogen-bond donors (Lipinski definition) is 2. The topological polar surface area (TPSA) is 128 Å². The van der Waals surface area contributed by atoms with Gasteiger partial charge in [-0.25, -0.2) is 8.42 Å². The van der Waals surface area contributed by atoms with Gasteiger partial charge in [-0.05, 0) is 53.8 Å². The Kier molecular flexibility index (Phi) is 6.76. The number of aliphatic carboxylic acids is 1. The van der Waals surface area contributed by atoms with Crippen LogP contribution in [-0.4, -0.2) is 49.1 Å².